The average Bonchev–Trinajstić information content (AvgIpc) is 2.70. The lowest BCUT2D eigenvalue weighted by molar-refractivity contribution is 0.282. The molecule has 0 unspecified atom stereocenters. The van der Waals surface area contributed by atoms with Crippen LogP contribution in [0.15, 0.2) is 0 Å². The van der Waals surface area contributed by atoms with Gasteiger partial charge in [-0.05, 0) is 12.5 Å². The van der Waals surface area contributed by atoms with E-state index in [2.05, 4.69) is 13.1 Å². The fourth-order valence-corrected chi connectivity index (χ4v) is 5.86. The molecular weight excluding hydrogens is 404 g/mol. The molecule has 0 spiro atoms. The largest absolute Gasteiger partial charge is 0.396 e. The summed E-state index contributed by atoms with van der Waals surface area (Å²) in [5.41, 5.74) is 0. The first kappa shape index (κ1) is 30.5. The molecule has 30 heavy (non-hydrogen) atoms. The second-order valence-corrected chi connectivity index (χ2v) is 17.3. The van der Waals surface area contributed by atoms with E-state index in [0.29, 0.717) is 6.61 Å². The van der Waals surface area contributed by atoms with Gasteiger partial charge in [-0.25, -0.2) is 0 Å². The summed E-state index contributed by atoms with van der Waals surface area (Å²) in [6.45, 7) is 4.90. The molecule has 3 heteroatoms. The second-order valence-electron chi connectivity index (χ2n) is 10.3. The molecule has 1 nitrogen and oxygen atoms in total. The van der Waals surface area contributed by atoms with Crippen molar-refractivity contribution in [2.24, 2.45) is 0 Å². The van der Waals surface area contributed by atoms with Gasteiger partial charge >= 0.3 is 0 Å². The maximum Gasteiger partial charge on any atom is 0.150 e. The summed E-state index contributed by atoms with van der Waals surface area (Å²) in [5, 5.41) is 8.75. The highest BCUT2D eigenvalue weighted by Gasteiger charge is 2.15. The zero-order chi connectivity index (χ0) is 22.2. The van der Waals surface area contributed by atoms with Crippen molar-refractivity contribution in [3.63, 3.8) is 0 Å². The van der Waals surface area contributed by atoms with Crippen molar-refractivity contribution in [1.82, 2.24) is 0 Å². The number of unbranched alkanes of at least 4 members (excludes halogenated alkanes) is 22. The van der Waals surface area contributed by atoms with Gasteiger partial charge in [-0.2, -0.15) is 11.1 Å². The maximum atomic E-state index is 8.75. The minimum Gasteiger partial charge on any atom is -0.396 e. The lowest BCUT2D eigenvalue weighted by atomic mass is 10.0. The Kier molecular flexibility index (Phi) is 24.5. The lowest BCUT2D eigenvalue weighted by Crippen LogP contribution is -2.14. The first-order chi connectivity index (χ1) is 14.6. The molecule has 0 aromatic rings. The van der Waals surface area contributed by atoms with Crippen LogP contribution in [0.2, 0.25) is 19.1 Å². The molecule has 0 aliphatic carbocycles. The summed E-state index contributed by atoms with van der Waals surface area (Å²) < 4.78 is 0. The normalized spacial score (nSPS) is 12.0. The second kappa shape index (κ2) is 24.1. The Balaban J connectivity index is 3.02. The molecule has 0 aromatic carbocycles. The van der Waals surface area contributed by atoms with Crippen LogP contribution < -0.4 is 0 Å². The predicted octanol–water partition coefficient (Wildman–Crippen LogP) is 10.4. The van der Waals surface area contributed by atoms with Gasteiger partial charge in [-0.1, -0.05) is 154 Å². The average molecular weight is 461 g/mol. The minimum absolute atomic E-state index is 0.371. The van der Waals surface area contributed by atoms with E-state index in [1.807, 2.05) is 0 Å². The Morgan fingerprint density at radius 1 is 0.400 bits per heavy atom. The smallest absolute Gasteiger partial charge is 0.150 e. The fourth-order valence-electron chi connectivity index (χ4n) is 4.37. The third-order valence-corrected chi connectivity index (χ3v) is 8.54. The number of hydrogen-bond acceptors (Lipinski definition) is 1. The van der Waals surface area contributed by atoms with E-state index < -0.39 is 7.38 Å². The highest BCUT2D eigenvalue weighted by atomic mass is 35.6. The molecule has 182 valence electrons. The first-order valence-electron chi connectivity index (χ1n) is 13.9. The molecule has 0 amide bonds. The van der Waals surface area contributed by atoms with Gasteiger partial charge < -0.3 is 5.11 Å². The number of rotatable bonds is 25. The van der Waals surface area contributed by atoms with E-state index in [4.69, 9.17) is 16.2 Å². The van der Waals surface area contributed by atoms with Crippen molar-refractivity contribution >= 4 is 18.5 Å². The first-order valence-corrected chi connectivity index (χ1v) is 18.1. The predicted molar refractivity (Wildman–Crippen MR) is 141 cm³/mol. The van der Waals surface area contributed by atoms with Gasteiger partial charge in [0.15, 0.2) is 0 Å². The van der Waals surface area contributed by atoms with E-state index >= 15 is 0 Å². The third-order valence-electron chi connectivity index (χ3n) is 6.43. The molecule has 0 heterocycles. The summed E-state index contributed by atoms with van der Waals surface area (Å²) in [5.74, 6) is 0. The quantitative estimate of drug-likeness (QED) is 0.0815. The molecule has 0 aliphatic rings. The Hall–Kier alpha value is 0.467. The van der Waals surface area contributed by atoms with Crippen molar-refractivity contribution in [1.29, 1.82) is 0 Å². The highest BCUT2D eigenvalue weighted by molar-refractivity contribution is 7.19. The Morgan fingerprint density at radius 2 is 0.600 bits per heavy atom. The molecule has 0 bridgehead atoms. The Morgan fingerprint density at radius 3 is 0.800 bits per heavy atom. The number of aliphatic hydroxyl groups is 1. The molecule has 0 radical (unpaired) electrons. The molecule has 0 rings (SSSR count). The summed E-state index contributed by atoms with van der Waals surface area (Å²) in [6.07, 6.45) is 32.3. The SMILES string of the molecule is C[Si](C)(Cl)CCCCCCCCCCCCCCCCCCCCCCCCCO. The van der Waals surface area contributed by atoms with Crippen molar-refractivity contribution < 1.29 is 5.11 Å². The van der Waals surface area contributed by atoms with E-state index in [1.165, 1.54) is 147 Å². The third kappa shape index (κ3) is 28.5. The van der Waals surface area contributed by atoms with Crippen LogP contribution in [0.5, 0.6) is 0 Å². The van der Waals surface area contributed by atoms with Gasteiger partial charge in [-0.3, -0.25) is 0 Å². The van der Waals surface area contributed by atoms with Crippen LogP contribution in [0.4, 0.5) is 0 Å². The molecule has 1 N–H and O–H groups in total. The Bertz CT molecular complexity index is 316. The van der Waals surface area contributed by atoms with Crippen molar-refractivity contribution in [3.05, 3.63) is 0 Å². The van der Waals surface area contributed by atoms with Crippen LogP contribution in [-0.4, -0.2) is 19.1 Å². The van der Waals surface area contributed by atoms with E-state index in [0.717, 1.165) is 6.42 Å². The maximum absolute atomic E-state index is 8.75. The fraction of sp³-hybridized carbons (Fsp3) is 1.00. The van der Waals surface area contributed by atoms with Crippen LogP contribution in [0, 0.1) is 0 Å². The van der Waals surface area contributed by atoms with E-state index in [1.54, 1.807) is 0 Å². The summed E-state index contributed by atoms with van der Waals surface area (Å²) in [4.78, 5) is 0. The van der Waals surface area contributed by atoms with Crippen LogP contribution in [0.3, 0.4) is 0 Å². The van der Waals surface area contributed by atoms with Gasteiger partial charge in [0.25, 0.3) is 0 Å². The van der Waals surface area contributed by atoms with Crippen LogP contribution in [0.1, 0.15) is 148 Å². The minimum atomic E-state index is -1.31. The highest BCUT2D eigenvalue weighted by Crippen LogP contribution is 2.19. The molecular formula is C27H57ClOSi. The molecule has 0 atom stereocenters. The van der Waals surface area contributed by atoms with Crippen molar-refractivity contribution in [3.8, 4) is 0 Å². The van der Waals surface area contributed by atoms with Crippen LogP contribution in [-0.2, 0) is 0 Å². The zero-order valence-corrected chi connectivity index (χ0v) is 22.8. The number of aliphatic hydroxyl groups excluding tert-OH is 1. The van der Waals surface area contributed by atoms with Crippen LogP contribution >= 0.6 is 11.1 Å². The lowest BCUT2D eigenvalue weighted by Gasteiger charge is -2.11. The van der Waals surface area contributed by atoms with Crippen LogP contribution in [0.25, 0.3) is 0 Å². The Labute approximate surface area is 196 Å². The van der Waals surface area contributed by atoms with Gasteiger partial charge in [0.05, 0.1) is 0 Å². The monoisotopic (exact) mass is 460 g/mol. The van der Waals surface area contributed by atoms with Gasteiger partial charge in [0.2, 0.25) is 0 Å². The van der Waals surface area contributed by atoms with Gasteiger partial charge in [0.1, 0.15) is 7.38 Å². The van der Waals surface area contributed by atoms with Gasteiger partial charge in [0, 0.05) is 6.61 Å². The van der Waals surface area contributed by atoms with Crippen molar-refractivity contribution in [2.45, 2.75) is 167 Å². The summed E-state index contributed by atoms with van der Waals surface area (Å²) >= 11 is 6.37. The van der Waals surface area contributed by atoms with Crippen molar-refractivity contribution in [2.75, 3.05) is 6.61 Å². The molecule has 0 saturated carbocycles. The number of halogens is 1. The zero-order valence-electron chi connectivity index (χ0n) is 21.0. The molecule has 0 fully saturated rings. The molecule has 0 saturated heterocycles. The van der Waals surface area contributed by atoms with Gasteiger partial charge in [-0.15, -0.1) is 0 Å². The molecule has 0 aromatic heterocycles. The standard InChI is InChI=1S/C27H57ClOSi/c1-30(2,28)27-25-23-21-19-17-15-13-11-9-7-5-3-4-6-8-10-12-14-16-18-20-22-24-26-29/h29H,3-27H2,1-2H3. The summed E-state index contributed by atoms with van der Waals surface area (Å²) in [7, 11) is -1.31. The topological polar surface area (TPSA) is 20.2 Å². The number of hydrogen-bond donors (Lipinski definition) is 1. The van der Waals surface area contributed by atoms with E-state index in [-0.39, 0.29) is 0 Å². The molecule has 0 aliphatic heterocycles. The van der Waals surface area contributed by atoms with E-state index in [9.17, 15) is 0 Å². The summed E-state index contributed by atoms with van der Waals surface area (Å²) in [6, 6.07) is 1.29.